The molecule has 0 aromatic carbocycles. The van der Waals surface area contributed by atoms with Gasteiger partial charge < -0.3 is 11.1 Å². The van der Waals surface area contributed by atoms with E-state index in [1.807, 2.05) is 6.92 Å². The summed E-state index contributed by atoms with van der Waals surface area (Å²) in [4.78, 5) is 11.6. The Morgan fingerprint density at radius 3 is 1.80 bits per heavy atom. The molecule has 0 aliphatic heterocycles. The van der Waals surface area contributed by atoms with Gasteiger partial charge in [0.1, 0.15) is 0 Å². The van der Waals surface area contributed by atoms with Crippen molar-refractivity contribution in [3.8, 4) is 0 Å². The lowest BCUT2D eigenvalue weighted by Gasteiger charge is -2.34. The number of carbonyl (C=O) groups is 1. The van der Waals surface area contributed by atoms with Crippen molar-refractivity contribution in [3.63, 3.8) is 0 Å². The lowest BCUT2D eigenvalue weighted by molar-refractivity contribution is -0.125. The van der Waals surface area contributed by atoms with Gasteiger partial charge in [0.2, 0.25) is 5.91 Å². The van der Waals surface area contributed by atoms with Crippen LogP contribution in [0.5, 0.6) is 0 Å². The minimum Gasteiger partial charge on any atom is -0.368 e. The largest absolute Gasteiger partial charge is 0.368 e. The van der Waals surface area contributed by atoms with Gasteiger partial charge in [-0.25, -0.2) is 0 Å². The standard InChI is InChI=1S/C12H26N2O/c1-6-14-12(11(13)15,7-9(2)3)8-10(4)5/h9-10,14H,6-8H2,1-5H3,(H2,13,15). The highest BCUT2D eigenvalue weighted by Crippen LogP contribution is 2.24. The quantitative estimate of drug-likeness (QED) is 0.680. The van der Waals surface area contributed by atoms with Crippen molar-refractivity contribution >= 4 is 5.91 Å². The summed E-state index contributed by atoms with van der Waals surface area (Å²) >= 11 is 0. The summed E-state index contributed by atoms with van der Waals surface area (Å²) < 4.78 is 0. The number of primary amides is 1. The van der Waals surface area contributed by atoms with Crippen LogP contribution in [0, 0.1) is 11.8 Å². The van der Waals surface area contributed by atoms with Gasteiger partial charge in [-0.3, -0.25) is 4.79 Å². The van der Waals surface area contributed by atoms with Gasteiger partial charge in [0.15, 0.2) is 0 Å². The van der Waals surface area contributed by atoms with Crippen LogP contribution in [0.1, 0.15) is 47.5 Å². The molecule has 3 nitrogen and oxygen atoms in total. The number of hydrogen-bond acceptors (Lipinski definition) is 2. The smallest absolute Gasteiger partial charge is 0.237 e. The molecular formula is C12H26N2O. The fourth-order valence-corrected chi connectivity index (χ4v) is 2.25. The van der Waals surface area contributed by atoms with Crippen molar-refractivity contribution in [2.45, 2.75) is 53.0 Å². The Morgan fingerprint density at radius 2 is 1.60 bits per heavy atom. The SMILES string of the molecule is CCNC(CC(C)C)(CC(C)C)C(N)=O. The van der Waals surface area contributed by atoms with Gasteiger partial charge in [0.05, 0.1) is 5.54 Å². The van der Waals surface area contributed by atoms with Crippen LogP contribution in [0.25, 0.3) is 0 Å². The minimum absolute atomic E-state index is 0.216. The summed E-state index contributed by atoms with van der Waals surface area (Å²) in [7, 11) is 0. The topological polar surface area (TPSA) is 55.1 Å². The molecule has 0 radical (unpaired) electrons. The Bertz CT molecular complexity index is 190. The fraction of sp³-hybridized carbons (Fsp3) is 0.917. The van der Waals surface area contributed by atoms with E-state index in [0.717, 1.165) is 19.4 Å². The molecule has 90 valence electrons. The van der Waals surface area contributed by atoms with Gasteiger partial charge in [-0.1, -0.05) is 34.6 Å². The zero-order valence-electron chi connectivity index (χ0n) is 10.8. The zero-order chi connectivity index (χ0) is 12.1. The zero-order valence-corrected chi connectivity index (χ0v) is 10.8. The highest BCUT2D eigenvalue weighted by atomic mass is 16.1. The van der Waals surface area contributed by atoms with E-state index in [1.54, 1.807) is 0 Å². The summed E-state index contributed by atoms with van der Waals surface area (Å²) in [6, 6.07) is 0. The van der Waals surface area contributed by atoms with E-state index in [1.165, 1.54) is 0 Å². The van der Waals surface area contributed by atoms with Crippen LogP contribution in [0.3, 0.4) is 0 Å². The number of likely N-dealkylation sites (N-methyl/N-ethyl adjacent to an activating group) is 1. The first-order valence-corrected chi connectivity index (χ1v) is 5.89. The van der Waals surface area contributed by atoms with E-state index < -0.39 is 5.54 Å². The number of hydrogen-bond donors (Lipinski definition) is 2. The Balaban J connectivity index is 4.80. The van der Waals surface area contributed by atoms with Gasteiger partial charge >= 0.3 is 0 Å². The molecule has 0 aliphatic carbocycles. The second-order valence-electron chi connectivity index (χ2n) is 5.17. The molecule has 0 heterocycles. The van der Waals surface area contributed by atoms with Crippen LogP contribution in [-0.4, -0.2) is 18.0 Å². The van der Waals surface area contributed by atoms with E-state index in [9.17, 15) is 4.79 Å². The average Bonchev–Trinajstić information content (AvgIpc) is 2.01. The van der Waals surface area contributed by atoms with Crippen molar-refractivity contribution in [2.75, 3.05) is 6.54 Å². The van der Waals surface area contributed by atoms with Crippen LogP contribution in [-0.2, 0) is 4.79 Å². The molecule has 0 rings (SSSR count). The number of carbonyl (C=O) groups excluding carboxylic acids is 1. The predicted molar refractivity (Wildman–Crippen MR) is 64.5 cm³/mol. The molecule has 0 bridgehead atoms. The van der Waals surface area contributed by atoms with E-state index in [-0.39, 0.29) is 5.91 Å². The molecule has 0 aromatic heterocycles. The van der Waals surface area contributed by atoms with Crippen molar-refractivity contribution in [3.05, 3.63) is 0 Å². The Kier molecular flexibility index (Phi) is 5.88. The van der Waals surface area contributed by atoms with Gasteiger partial charge in [-0.15, -0.1) is 0 Å². The molecule has 3 N–H and O–H groups in total. The van der Waals surface area contributed by atoms with Crippen molar-refractivity contribution in [1.82, 2.24) is 5.32 Å². The molecule has 3 heteroatoms. The van der Waals surface area contributed by atoms with E-state index in [0.29, 0.717) is 11.8 Å². The van der Waals surface area contributed by atoms with Gasteiger partial charge in [-0.05, 0) is 31.2 Å². The predicted octanol–water partition coefficient (Wildman–Crippen LogP) is 1.91. The number of amides is 1. The van der Waals surface area contributed by atoms with Gasteiger partial charge in [0.25, 0.3) is 0 Å². The molecule has 0 saturated heterocycles. The second-order valence-corrected chi connectivity index (χ2v) is 5.17. The molecule has 0 aromatic rings. The molecule has 15 heavy (non-hydrogen) atoms. The van der Waals surface area contributed by atoms with Crippen LogP contribution >= 0.6 is 0 Å². The summed E-state index contributed by atoms with van der Waals surface area (Å²) in [5, 5.41) is 3.28. The van der Waals surface area contributed by atoms with Crippen molar-refractivity contribution < 1.29 is 4.79 Å². The molecule has 0 atom stereocenters. The molecule has 1 amide bonds. The van der Waals surface area contributed by atoms with Gasteiger partial charge in [0, 0.05) is 0 Å². The summed E-state index contributed by atoms with van der Waals surface area (Å²) in [6.07, 6.45) is 1.63. The third-order valence-electron chi connectivity index (χ3n) is 2.50. The third kappa shape index (κ3) is 4.65. The summed E-state index contributed by atoms with van der Waals surface area (Å²) in [5.74, 6) is 0.720. The highest BCUT2D eigenvalue weighted by Gasteiger charge is 2.36. The Labute approximate surface area is 93.8 Å². The van der Waals surface area contributed by atoms with Crippen molar-refractivity contribution in [1.29, 1.82) is 0 Å². The average molecular weight is 214 g/mol. The molecule has 0 fully saturated rings. The molecule has 0 spiro atoms. The number of nitrogens with one attached hydrogen (secondary N) is 1. The summed E-state index contributed by atoms with van der Waals surface area (Å²) in [5.41, 5.74) is 5.04. The molecule has 0 saturated carbocycles. The van der Waals surface area contributed by atoms with Crippen LogP contribution in [0.15, 0.2) is 0 Å². The maximum absolute atomic E-state index is 11.6. The first-order chi connectivity index (χ1) is 6.84. The second kappa shape index (κ2) is 6.11. The number of rotatable bonds is 7. The van der Waals surface area contributed by atoms with Crippen LogP contribution in [0.4, 0.5) is 0 Å². The monoisotopic (exact) mass is 214 g/mol. The third-order valence-corrected chi connectivity index (χ3v) is 2.50. The normalized spacial score (nSPS) is 12.5. The Morgan fingerprint density at radius 1 is 1.20 bits per heavy atom. The maximum Gasteiger partial charge on any atom is 0.237 e. The van der Waals surface area contributed by atoms with Crippen molar-refractivity contribution in [2.24, 2.45) is 17.6 Å². The lowest BCUT2D eigenvalue weighted by atomic mass is 9.81. The molecule has 0 unspecified atom stereocenters. The van der Waals surface area contributed by atoms with E-state index >= 15 is 0 Å². The van der Waals surface area contributed by atoms with Crippen LogP contribution < -0.4 is 11.1 Å². The highest BCUT2D eigenvalue weighted by molar-refractivity contribution is 5.84. The molecule has 0 aliphatic rings. The lowest BCUT2D eigenvalue weighted by Crippen LogP contribution is -2.56. The minimum atomic E-state index is -0.517. The van der Waals surface area contributed by atoms with Crippen LogP contribution in [0.2, 0.25) is 0 Å². The number of nitrogens with two attached hydrogens (primary N) is 1. The first kappa shape index (κ1) is 14.4. The fourth-order valence-electron chi connectivity index (χ4n) is 2.25. The van der Waals surface area contributed by atoms with E-state index in [2.05, 4.69) is 33.0 Å². The molecular weight excluding hydrogens is 188 g/mol. The Hall–Kier alpha value is -0.570. The first-order valence-electron chi connectivity index (χ1n) is 5.89. The van der Waals surface area contributed by atoms with Gasteiger partial charge in [-0.2, -0.15) is 0 Å². The summed E-state index contributed by atoms with van der Waals surface area (Å²) in [6.45, 7) is 11.3. The van der Waals surface area contributed by atoms with E-state index in [4.69, 9.17) is 5.73 Å². The maximum atomic E-state index is 11.6.